The molecule has 4 nitrogen and oxygen atoms in total. The van der Waals surface area contributed by atoms with Crippen molar-refractivity contribution in [3.8, 4) is 5.75 Å². The first-order chi connectivity index (χ1) is 9.90. The number of hydrogen-bond donors (Lipinski definition) is 2. The van der Waals surface area contributed by atoms with Crippen molar-refractivity contribution < 1.29 is 22.6 Å². The third-order valence-corrected chi connectivity index (χ3v) is 2.55. The van der Waals surface area contributed by atoms with Crippen LogP contribution in [0.4, 0.5) is 24.5 Å². The van der Waals surface area contributed by atoms with E-state index in [1.807, 2.05) is 0 Å². The van der Waals surface area contributed by atoms with Crippen LogP contribution in [0.15, 0.2) is 12.1 Å². The summed E-state index contributed by atoms with van der Waals surface area (Å²) in [5.74, 6) is -0.976. The van der Waals surface area contributed by atoms with E-state index in [9.17, 15) is 13.2 Å². The van der Waals surface area contributed by atoms with Crippen molar-refractivity contribution in [3.63, 3.8) is 0 Å². The molecule has 0 amide bonds. The summed E-state index contributed by atoms with van der Waals surface area (Å²) in [5, 5.41) is 2.95. The molecule has 0 spiro atoms. The van der Waals surface area contributed by atoms with Gasteiger partial charge in [0, 0.05) is 31.9 Å². The van der Waals surface area contributed by atoms with Crippen molar-refractivity contribution in [2.45, 2.75) is 26.9 Å². The normalized spacial score (nSPS) is 11.2. The number of halogens is 3. The molecule has 21 heavy (non-hydrogen) atoms. The summed E-state index contributed by atoms with van der Waals surface area (Å²) in [6, 6.07) is 2.08. The molecule has 0 fully saturated rings. The van der Waals surface area contributed by atoms with E-state index < -0.39 is 18.2 Å². The summed E-state index contributed by atoms with van der Waals surface area (Å²) < 4.78 is 47.1. The monoisotopic (exact) mass is 306 g/mol. The van der Waals surface area contributed by atoms with Crippen LogP contribution in [0.2, 0.25) is 0 Å². The zero-order valence-electron chi connectivity index (χ0n) is 12.2. The van der Waals surface area contributed by atoms with E-state index >= 15 is 0 Å². The molecule has 0 unspecified atom stereocenters. The van der Waals surface area contributed by atoms with Gasteiger partial charge in [0.05, 0.1) is 11.4 Å². The van der Waals surface area contributed by atoms with Crippen LogP contribution >= 0.6 is 0 Å². The number of anilines is 2. The molecule has 0 atom stereocenters. The molecule has 0 radical (unpaired) electrons. The average molecular weight is 306 g/mol. The molecule has 1 aromatic rings. The Morgan fingerprint density at radius 3 is 2.62 bits per heavy atom. The first-order valence-electron chi connectivity index (χ1n) is 6.75. The van der Waals surface area contributed by atoms with Gasteiger partial charge in [-0.05, 0) is 12.3 Å². The number of nitrogens with two attached hydrogens (primary N) is 1. The number of nitrogens with one attached hydrogen (secondary N) is 1. The third-order valence-electron chi connectivity index (χ3n) is 2.55. The molecule has 7 heteroatoms. The highest BCUT2D eigenvalue weighted by atomic mass is 19.3. The van der Waals surface area contributed by atoms with Crippen molar-refractivity contribution in [2.24, 2.45) is 5.92 Å². The minimum atomic E-state index is -3.08. The van der Waals surface area contributed by atoms with Gasteiger partial charge >= 0.3 is 6.61 Å². The summed E-state index contributed by atoms with van der Waals surface area (Å²) in [4.78, 5) is 0. The lowest BCUT2D eigenvalue weighted by molar-refractivity contribution is -0.0521. The number of ether oxygens (including phenoxy) is 2. The van der Waals surface area contributed by atoms with Crippen LogP contribution in [0.3, 0.4) is 0 Å². The van der Waals surface area contributed by atoms with E-state index in [0.29, 0.717) is 37.8 Å². The number of hydrogen-bond acceptors (Lipinski definition) is 4. The van der Waals surface area contributed by atoms with E-state index in [2.05, 4.69) is 23.9 Å². The van der Waals surface area contributed by atoms with E-state index in [-0.39, 0.29) is 5.69 Å². The maximum absolute atomic E-state index is 13.4. The molecular weight excluding hydrogens is 285 g/mol. The fourth-order valence-corrected chi connectivity index (χ4v) is 1.62. The predicted octanol–water partition coefficient (Wildman–Crippen LogP) is 3.48. The highest BCUT2D eigenvalue weighted by Crippen LogP contribution is 2.29. The maximum Gasteiger partial charge on any atom is 0.387 e. The summed E-state index contributed by atoms with van der Waals surface area (Å²) in [7, 11) is 0. The Kier molecular flexibility index (Phi) is 7.14. The predicted molar refractivity (Wildman–Crippen MR) is 76.2 cm³/mol. The van der Waals surface area contributed by atoms with Gasteiger partial charge in [-0.3, -0.25) is 0 Å². The number of nitrogen functional groups attached to an aromatic ring is 1. The van der Waals surface area contributed by atoms with Crippen molar-refractivity contribution in [3.05, 3.63) is 17.9 Å². The quantitative estimate of drug-likeness (QED) is 0.542. The van der Waals surface area contributed by atoms with E-state index in [1.165, 1.54) is 0 Å². The Hall–Kier alpha value is -1.63. The van der Waals surface area contributed by atoms with Gasteiger partial charge in [-0.2, -0.15) is 8.78 Å². The van der Waals surface area contributed by atoms with Gasteiger partial charge in [-0.15, -0.1) is 0 Å². The van der Waals surface area contributed by atoms with Crippen molar-refractivity contribution in [1.82, 2.24) is 0 Å². The summed E-state index contributed by atoms with van der Waals surface area (Å²) in [6.45, 7) is 2.82. The topological polar surface area (TPSA) is 56.5 Å². The Balaban J connectivity index is 2.47. The van der Waals surface area contributed by atoms with Crippen LogP contribution in [-0.4, -0.2) is 26.4 Å². The van der Waals surface area contributed by atoms with Gasteiger partial charge in [0.25, 0.3) is 0 Å². The van der Waals surface area contributed by atoms with Crippen molar-refractivity contribution >= 4 is 11.4 Å². The lowest BCUT2D eigenvalue weighted by Gasteiger charge is -2.13. The lowest BCUT2D eigenvalue weighted by Crippen LogP contribution is -2.10. The first-order valence-corrected chi connectivity index (χ1v) is 6.75. The van der Waals surface area contributed by atoms with Crippen LogP contribution in [-0.2, 0) is 4.74 Å². The number of benzene rings is 1. The van der Waals surface area contributed by atoms with Crippen LogP contribution < -0.4 is 15.8 Å². The second-order valence-electron chi connectivity index (χ2n) is 5.00. The zero-order chi connectivity index (χ0) is 15.8. The second-order valence-corrected chi connectivity index (χ2v) is 5.00. The molecule has 1 aromatic carbocycles. The maximum atomic E-state index is 13.4. The molecule has 0 aliphatic heterocycles. The van der Waals surface area contributed by atoms with Gasteiger partial charge in [-0.1, -0.05) is 13.8 Å². The van der Waals surface area contributed by atoms with Crippen molar-refractivity contribution in [1.29, 1.82) is 0 Å². The SMILES string of the molecule is CC(C)COCCCNc1cc(OC(F)F)c(F)cc1N. The Labute approximate surface area is 122 Å². The molecule has 0 aliphatic rings. The standard InChI is InChI=1S/C14H21F3N2O2/c1-9(2)8-20-5-3-4-19-12-7-13(21-14(16)17)10(15)6-11(12)18/h6-7,9,14,19H,3-5,8,18H2,1-2H3. The molecular formula is C14H21F3N2O2. The molecule has 0 saturated heterocycles. The minimum absolute atomic E-state index is 0.136. The molecule has 120 valence electrons. The van der Waals surface area contributed by atoms with E-state index in [1.54, 1.807) is 0 Å². The number of rotatable bonds is 9. The van der Waals surface area contributed by atoms with Gasteiger partial charge in [0.2, 0.25) is 0 Å². The van der Waals surface area contributed by atoms with Gasteiger partial charge in [0.1, 0.15) is 0 Å². The first kappa shape index (κ1) is 17.4. The fourth-order valence-electron chi connectivity index (χ4n) is 1.62. The Morgan fingerprint density at radius 2 is 2.00 bits per heavy atom. The van der Waals surface area contributed by atoms with Gasteiger partial charge in [0.15, 0.2) is 11.6 Å². The fraction of sp³-hybridized carbons (Fsp3) is 0.571. The van der Waals surface area contributed by atoms with Gasteiger partial charge in [-0.25, -0.2) is 4.39 Å². The lowest BCUT2D eigenvalue weighted by atomic mass is 10.2. The molecule has 0 aromatic heterocycles. The van der Waals surface area contributed by atoms with Gasteiger partial charge < -0.3 is 20.5 Å². The smallest absolute Gasteiger partial charge is 0.387 e. The Bertz CT molecular complexity index is 442. The van der Waals surface area contributed by atoms with Crippen LogP contribution in [0.1, 0.15) is 20.3 Å². The highest BCUT2D eigenvalue weighted by molar-refractivity contribution is 5.68. The van der Waals surface area contributed by atoms with E-state index in [0.717, 1.165) is 12.1 Å². The summed E-state index contributed by atoms with van der Waals surface area (Å²) >= 11 is 0. The van der Waals surface area contributed by atoms with Crippen LogP contribution in [0.5, 0.6) is 5.75 Å². The van der Waals surface area contributed by atoms with E-state index in [4.69, 9.17) is 10.5 Å². The zero-order valence-corrected chi connectivity index (χ0v) is 12.2. The molecule has 0 saturated carbocycles. The highest BCUT2D eigenvalue weighted by Gasteiger charge is 2.13. The molecule has 1 rings (SSSR count). The Morgan fingerprint density at radius 1 is 1.29 bits per heavy atom. The number of alkyl halides is 2. The van der Waals surface area contributed by atoms with Crippen LogP contribution in [0, 0.1) is 11.7 Å². The van der Waals surface area contributed by atoms with Crippen LogP contribution in [0.25, 0.3) is 0 Å². The summed E-state index contributed by atoms with van der Waals surface area (Å²) in [6.07, 6.45) is 0.717. The molecule has 0 bridgehead atoms. The summed E-state index contributed by atoms with van der Waals surface area (Å²) in [5.41, 5.74) is 6.12. The minimum Gasteiger partial charge on any atom is -0.432 e. The average Bonchev–Trinajstić information content (AvgIpc) is 2.37. The third kappa shape index (κ3) is 6.57. The molecule has 0 heterocycles. The molecule has 3 N–H and O–H groups in total. The largest absolute Gasteiger partial charge is 0.432 e. The molecule has 0 aliphatic carbocycles. The van der Waals surface area contributed by atoms with Crippen molar-refractivity contribution in [2.75, 3.05) is 30.8 Å². The second kappa shape index (κ2) is 8.61.